The first-order valence-corrected chi connectivity index (χ1v) is 11.1. The van der Waals surface area contributed by atoms with Crippen molar-refractivity contribution in [3.05, 3.63) is 89.0 Å². The number of carbonyl (C=O) groups is 3. The summed E-state index contributed by atoms with van der Waals surface area (Å²) in [4.78, 5) is 36.1. The Kier molecular flexibility index (Phi) is 6.63. The number of rotatable bonds is 7. The van der Waals surface area contributed by atoms with E-state index in [-0.39, 0.29) is 18.9 Å². The fourth-order valence-corrected chi connectivity index (χ4v) is 4.38. The Bertz CT molecular complexity index is 1210. The van der Waals surface area contributed by atoms with Crippen molar-refractivity contribution < 1.29 is 24.2 Å². The number of carboxylic acid groups (broad SMARTS) is 1. The normalized spacial score (nSPS) is 12.9. The highest BCUT2D eigenvalue weighted by Crippen LogP contribution is 2.44. The number of hydrogen-bond donors (Lipinski definition) is 3. The van der Waals surface area contributed by atoms with Gasteiger partial charge in [0.15, 0.2) is 0 Å². The zero-order valence-electron chi connectivity index (χ0n) is 19.0. The smallest absolute Gasteiger partial charge is 0.411 e. The van der Waals surface area contributed by atoms with Gasteiger partial charge in [-0.25, -0.2) is 4.79 Å². The van der Waals surface area contributed by atoms with Crippen molar-refractivity contribution in [3.63, 3.8) is 0 Å². The maximum atomic E-state index is 12.6. The third kappa shape index (κ3) is 4.78. The molecule has 0 radical (unpaired) electrons. The third-order valence-corrected chi connectivity index (χ3v) is 6.02. The monoisotopic (exact) mass is 458 g/mol. The number of carbonyl (C=O) groups excluding carboxylic acids is 2. The molecular formula is C27H26N2O5. The lowest BCUT2D eigenvalue weighted by Gasteiger charge is -2.17. The number of carboxylic acids is 1. The summed E-state index contributed by atoms with van der Waals surface area (Å²) in [6.07, 6.45) is -0.788. The molecule has 1 atom stereocenters. The second kappa shape index (κ2) is 9.79. The summed E-state index contributed by atoms with van der Waals surface area (Å²) in [5, 5.41) is 14.3. The Morgan fingerprint density at radius 2 is 1.56 bits per heavy atom. The maximum Gasteiger partial charge on any atom is 0.411 e. The van der Waals surface area contributed by atoms with E-state index in [1.807, 2.05) is 24.3 Å². The van der Waals surface area contributed by atoms with Crippen molar-refractivity contribution in [2.75, 3.05) is 11.9 Å². The Morgan fingerprint density at radius 3 is 2.18 bits per heavy atom. The first-order chi connectivity index (χ1) is 16.3. The largest absolute Gasteiger partial charge is 0.481 e. The number of ether oxygens (including phenoxy) is 1. The van der Waals surface area contributed by atoms with E-state index in [0.717, 1.165) is 22.3 Å². The van der Waals surface area contributed by atoms with Gasteiger partial charge >= 0.3 is 12.1 Å². The summed E-state index contributed by atoms with van der Waals surface area (Å²) < 4.78 is 5.59. The molecule has 0 aliphatic heterocycles. The highest BCUT2D eigenvalue weighted by molar-refractivity contribution is 5.98. The average molecular weight is 459 g/mol. The second-order valence-corrected chi connectivity index (χ2v) is 8.40. The average Bonchev–Trinajstić information content (AvgIpc) is 3.12. The van der Waals surface area contributed by atoms with Crippen LogP contribution < -0.4 is 10.6 Å². The maximum absolute atomic E-state index is 12.6. The van der Waals surface area contributed by atoms with Crippen LogP contribution in [0.4, 0.5) is 10.5 Å². The minimum Gasteiger partial charge on any atom is -0.481 e. The summed E-state index contributed by atoms with van der Waals surface area (Å²) in [5.41, 5.74) is 5.93. The lowest BCUT2D eigenvalue weighted by molar-refractivity contribution is -0.137. The fourth-order valence-electron chi connectivity index (χ4n) is 4.38. The minimum atomic E-state index is -0.991. The first kappa shape index (κ1) is 23.0. The lowest BCUT2D eigenvalue weighted by Crippen LogP contribution is -2.34. The molecular weight excluding hydrogens is 432 g/mol. The summed E-state index contributed by atoms with van der Waals surface area (Å²) >= 11 is 0. The molecule has 0 bridgehead atoms. The van der Waals surface area contributed by atoms with E-state index in [2.05, 4.69) is 34.9 Å². The van der Waals surface area contributed by atoms with Crippen molar-refractivity contribution in [1.82, 2.24) is 5.32 Å². The first-order valence-electron chi connectivity index (χ1n) is 11.1. The molecule has 0 unspecified atom stereocenters. The summed E-state index contributed by atoms with van der Waals surface area (Å²) in [6.45, 7) is 3.53. The van der Waals surface area contributed by atoms with E-state index < -0.39 is 24.0 Å². The van der Waals surface area contributed by atoms with E-state index in [1.165, 1.54) is 0 Å². The van der Waals surface area contributed by atoms with Crippen LogP contribution in [0.1, 0.15) is 46.3 Å². The quantitative estimate of drug-likeness (QED) is 0.465. The minimum absolute atomic E-state index is 0.0490. The summed E-state index contributed by atoms with van der Waals surface area (Å²) in [5.74, 6) is -1.44. The van der Waals surface area contributed by atoms with Crippen LogP contribution in [0.25, 0.3) is 11.1 Å². The molecule has 34 heavy (non-hydrogen) atoms. The highest BCUT2D eigenvalue weighted by Gasteiger charge is 2.29. The Balaban J connectivity index is 1.43. The van der Waals surface area contributed by atoms with Crippen molar-refractivity contribution in [1.29, 1.82) is 0 Å². The van der Waals surface area contributed by atoms with Crippen LogP contribution in [0.5, 0.6) is 0 Å². The molecule has 4 rings (SSSR count). The van der Waals surface area contributed by atoms with Gasteiger partial charge in [-0.1, -0.05) is 54.6 Å². The van der Waals surface area contributed by atoms with Gasteiger partial charge in [0.25, 0.3) is 5.91 Å². The SMILES string of the molecule is Cc1c(NC(=O)OCC2c3ccccc3-c3ccccc32)cccc1C(=O)N[C@H](C)CC(=O)O. The van der Waals surface area contributed by atoms with E-state index >= 15 is 0 Å². The van der Waals surface area contributed by atoms with Gasteiger partial charge < -0.3 is 15.2 Å². The van der Waals surface area contributed by atoms with Gasteiger partial charge in [0.1, 0.15) is 6.61 Å². The van der Waals surface area contributed by atoms with Crippen LogP contribution in [-0.2, 0) is 9.53 Å². The van der Waals surface area contributed by atoms with Gasteiger partial charge in [-0.05, 0) is 53.8 Å². The Labute approximate surface area is 197 Å². The molecule has 2 amide bonds. The van der Waals surface area contributed by atoms with Gasteiger partial charge in [-0.15, -0.1) is 0 Å². The van der Waals surface area contributed by atoms with Gasteiger partial charge in [0, 0.05) is 23.2 Å². The van der Waals surface area contributed by atoms with E-state index in [0.29, 0.717) is 16.8 Å². The number of fused-ring (bicyclic) bond motifs is 3. The summed E-state index contributed by atoms with van der Waals surface area (Å²) in [6, 6.07) is 20.7. The van der Waals surface area contributed by atoms with Crippen LogP contribution in [-0.4, -0.2) is 35.7 Å². The van der Waals surface area contributed by atoms with Crippen molar-refractivity contribution >= 4 is 23.7 Å². The van der Waals surface area contributed by atoms with E-state index in [9.17, 15) is 14.4 Å². The number of nitrogens with one attached hydrogen (secondary N) is 2. The van der Waals surface area contributed by atoms with Gasteiger partial charge in [-0.2, -0.15) is 0 Å². The molecule has 7 nitrogen and oxygen atoms in total. The third-order valence-electron chi connectivity index (χ3n) is 6.02. The van der Waals surface area contributed by atoms with Crippen LogP contribution in [0, 0.1) is 6.92 Å². The molecule has 3 aromatic rings. The topological polar surface area (TPSA) is 105 Å². The molecule has 1 aliphatic carbocycles. The molecule has 3 N–H and O–H groups in total. The number of anilines is 1. The lowest BCUT2D eigenvalue weighted by atomic mass is 9.98. The second-order valence-electron chi connectivity index (χ2n) is 8.40. The van der Waals surface area contributed by atoms with Crippen molar-refractivity contribution in [2.45, 2.75) is 32.2 Å². The van der Waals surface area contributed by atoms with E-state index in [4.69, 9.17) is 9.84 Å². The molecule has 174 valence electrons. The van der Waals surface area contributed by atoms with Gasteiger partial charge in [0.2, 0.25) is 0 Å². The molecule has 0 aromatic heterocycles. The highest BCUT2D eigenvalue weighted by atomic mass is 16.5. The molecule has 0 saturated carbocycles. The molecule has 0 fully saturated rings. The number of benzene rings is 3. The van der Waals surface area contributed by atoms with Crippen LogP contribution in [0.3, 0.4) is 0 Å². The number of hydrogen-bond acceptors (Lipinski definition) is 4. The van der Waals surface area contributed by atoms with E-state index in [1.54, 1.807) is 32.0 Å². The molecule has 7 heteroatoms. The van der Waals surface area contributed by atoms with Crippen LogP contribution >= 0.6 is 0 Å². The number of aliphatic carboxylic acids is 1. The fraction of sp³-hybridized carbons (Fsp3) is 0.222. The summed E-state index contributed by atoms with van der Waals surface area (Å²) in [7, 11) is 0. The van der Waals surface area contributed by atoms with Crippen LogP contribution in [0.15, 0.2) is 66.7 Å². The van der Waals surface area contributed by atoms with Crippen LogP contribution in [0.2, 0.25) is 0 Å². The standard InChI is InChI=1S/C27H26N2O5/c1-16(14-25(30)31)28-26(32)18-12-7-13-24(17(18)2)29-27(33)34-15-23-21-10-5-3-8-19(21)20-9-4-6-11-22(20)23/h3-13,16,23H,14-15H2,1-2H3,(H,28,32)(H,29,33)(H,30,31)/t16-/m1/s1. The molecule has 0 spiro atoms. The van der Waals surface area contributed by atoms with Crippen molar-refractivity contribution in [2.24, 2.45) is 0 Å². The molecule has 1 aliphatic rings. The zero-order valence-corrected chi connectivity index (χ0v) is 19.0. The zero-order chi connectivity index (χ0) is 24.2. The predicted molar refractivity (Wildman–Crippen MR) is 129 cm³/mol. The number of amides is 2. The Hall–Kier alpha value is -4.13. The van der Waals surface area contributed by atoms with Crippen molar-refractivity contribution in [3.8, 4) is 11.1 Å². The Morgan fingerprint density at radius 1 is 0.941 bits per heavy atom. The molecule has 0 heterocycles. The predicted octanol–water partition coefficient (Wildman–Crippen LogP) is 4.95. The van der Waals surface area contributed by atoms with Gasteiger partial charge in [0.05, 0.1) is 6.42 Å². The van der Waals surface area contributed by atoms with Gasteiger partial charge in [-0.3, -0.25) is 14.9 Å². The molecule has 0 saturated heterocycles. The molecule has 3 aromatic carbocycles.